The molecule has 142 valence electrons. The Bertz CT molecular complexity index is 724. The van der Waals surface area contributed by atoms with Gasteiger partial charge in [-0.1, -0.05) is 6.07 Å². The van der Waals surface area contributed by atoms with Gasteiger partial charge in [-0.05, 0) is 37.9 Å². The standard InChI is InChI=1S/C19H28N4O3/c1-22-13-20-21-17(22)11-14-7-9-23(10-8-14)12-15-5-6-16(24-2)19(26-4)18(15)25-3/h5-6,13-14H,7-12H2,1-4H3. The summed E-state index contributed by atoms with van der Waals surface area (Å²) in [6, 6.07) is 4.00. The SMILES string of the molecule is COc1ccc(CN2CCC(Cc3nncn3C)CC2)c(OC)c1OC. The Morgan fingerprint density at radius 2 is 1.77 bits per heavy atom. The molecule has 7 nitrogen and oxygen atoms in total. The van der Waals surface area contributed by atoms with E-state index in [2.05, 4.69) is 21.2 Å². The first-order valence-corrected chi connectivity index (χ1v) is 8.99. The highest BCUT2D eigenvalue weighted by Gasteiger charge is 2.23. The maximum Gasteiger partial charge on any atom is 0.203 e. The van der Waals surface area contributed by atoms with E-state index < -0.39 is 0 Å². The Kier molecular flexibility index (Phi) is 5.98. The van der Waals surface area contributed by atoms with Crippen LogP contribution in [0.15, 0.2) is 18.5 Å². The normalized spacial score (nSPS) is 15.8. The van der Waals surface area contributed by atoms with E-state index >= 15 is 0 Å². The largest absolute Gasteiger partial charge is 0.493 e. The summed E-state index contributed by atoms with van der Waals surface area (Å²) in [5, 5.41) is 8.19. The van der Waals surface area contributed by atoms with Gasteiger partial charge in [0.2, 0.25) is 5.75 Å². The maximum atomic E-state index is 5.61. The molecule has 26 heavy (non-hydrogen) atoms. The molecule has 0 N–H and O–H groups in total. The number of ether oxygens (including phenoxy) is 3. The molecule has 7 heteroatoms. The molecule has 1 aliphatic rings. The number of aryl methyl sites for hydroxylation is 1. The molecule has 1 saturated heterocycles. The van der Waals surface area contributed by atoms with Crippen molar-refractivity contribution < 1.29 is 14.2 Å². The third-order valence-corrected chi connectivity index (χ3v) is 5.16. The van der Waals surface area contributed by atoms with Gasteiger partial charge in [-0.15, -0.1) is 10.2 Å². The Balaban J connectivity index is 1.62. The van der Waals surface area contributed by atoms with E-state index in [1.165, 1.54) is 12.8 Å². The number of nitrogens with zero attached hydrogens (tertiary/aromatic N) is 4. The third kappa shape index (κ3) is 3.93. The van der Waals surface area contributed by atoms with Gasteiger partial charge in [-0.3, -0.25) is 4.90 Å². The van der Waals surface area contributed by atoms with Crippen molar-refractivity contribution in [3.8, 4) is 17.2 Å². The number of aromatic nitrogens is 3. The number of hydrogen-bond acceptors (Lipinski definition) is 6. The van der Waals surface area contributed by atoms with Crippen molar-refractivity contribution in [2.75, 3.05) is 34.4 Å². The fourth-order valence-electron chi connectivity index (χ4n) is 3.63. The lowest BCUT2D eigenvalue weighted by Crippen LogP contribution is -2.34. The van der Waals surface area contributed by atoms with Crippen molar-refractivity contribution >= 4 is 0 Å². The number of hydrogen-bond donors (Lipinski definition) is 0. The summed E-state index contributed by atoms with van der Waals surface area (Å²) in [4.78, 5) is 2.47. The van der Waals surface area contributed by atoms with Crippen molar-refractivity contribution in [1.82, 2.24) is 19.7 Å². The minimum atomic E-state index is 0.657. The topological polar surface area (TPSA) is 61.6 Å². The number of methoxy groups -OCH3 is 3. The zero-order valence-electron chi connectivity index (χ0n) is 16.1. The first-order valence-electron chi connectivity index (χ1n) is 8.99. The van der Waals surface area contributed by atoms with Gasteiger partial charge < -0.3 is 18.8 Å². The molecule has 0 atom stereocenters. The second-order valence-corrected chi connectivity index (χ2v) is 6.78. The predicted molar refractivity (Wildman–Crippen MR) is 98.8 cm³/mol. The summed E-state index contributed by atoms with van der Waals surface area (Å²) < 4.78 is 18.5. The van der Waals surface area contributed by atoms with E-state index in [1.807, 2.05) is 17.7 Å². The Morgan fingerprint density at radius 3 is 2.35 bits per heavy atom. The molecule has 3 rings (SSSR count). The summed E-state index contributed by atoms with van der Waals surface area (Å²) in [6.45, 7) is 2.99. The molecule has 2 heterocycles. The van der Waals surface area contributed by atoms with Crippen LogP contribution in [0.25, 0.3) is 0 Å². The van der Waals surface area contributed by atoms with Crippen molar-refractivity contribution in [3.05, 3.63) is 29.8 Å². The summed E-state index contributed by atoms with van der Waals surface area (Å²) in [6.07, 6.45) is 5.11. The molecule has 2 aromatic rings. The van der Waals surface area contributed by atoms with Crippen LogP contribution in [0.4, 0.5) is 0 Å². The van der Waals surface area contributed by atoms with Crippen LogP contribution in [0, 0.1) is 5.92 Å². The molecule has 1 fully saturated rings. The lowest BCUT2D eigenvalue weighted by Gasteiger charge is -2.32. The summed E-state index contributed by atoms with van der Waals surface area (Å²) in [5.41, 5.74) is 1.12. The lowest BCUT2D eigenvalue weighted by molar-refractivity contribution is 0.173. The summed E-state index contributed by atoms with van der Waals surface area (Å²) >= 11 is 0. The number of benzene rings is 1. The highest BCUT2D eigenvalue weighted by Crippen LogP contribution is 2.40. The van der Waals surface area contributed by atoms with Gasteiger partial charge in [0.05, 0.1) is 21.3 Å². The molecule has 0 unspecified atom stereocenters. The van der Waals surface area contributed by atoms with Crippen molar-refractivity contribution in [3.63, 3.8) is 0 Å². The van der Waals surface area contributed by atoms with Gasteiger partial charge in [-0.2, -0.15) is 0 Å². The Labute approximate surface area is 154 Å². The van der Waals surface area contributed by atoms with Crippen LogP contribution < -0.4 is 14.2 Å². The molecule has 0 radical (unpaired) electrons. The van der Waals surface area contributed by atoms with Crippen molar-refractivity contribution in [1.29, 1.82) is 0 Å². The molecule has 0 aliphatic carbocycles. The van der Waals surface area contributed by atoms with Crippen LogP contribution in [-0.2, 0) is 20.0 Å². The van der Waals surface area contributed by atoms with Crippen LogP contribution in [0.5, 0.6) is 17.2 Å². The van der Waals surface area contributed by atoms with Crippen LogP contribution >= 0.6 is 0 Å². The van der Waals surface area contributed by atoms with Gasteiger partial charge in [-0.25, -0.2) is 0 Å². The van der Waals surface area contributed by atoms with E-state index in [4.69, 9.17) is 14.2 Å². The smallest absolute Gasteiger partial charge is 0.203 e. The third-order valence-electron chi connectivity index (χ3n) is 5.16. The second-order valence-electron chi connectivity index (χ2n) is 6.78. The van der Waals surface area contributed by atoms with Crippen LogP contribution in [0.3, 0.4) is 0 Å². The molecule has 1 aliphatic heterocycles. The Hall–Kier alpha value is -2.28. The van der Waals surface area contributed by atoms with E-state index in [-0.39, 0.29) is 0 Å². The molecule has 0 saturated carbocycles. The van der Waals surface area contributed by atoms with Crippen LogP contribution in [-0.4, -0.2) is 54.1 Å². The molecule has 0 amide bonds. The molecule has 1 aromatic carbocycles. The number of piperidine rings is 1. The van der Waals surface area contributed by atoms with Gasteiger partial charge in [0, 0.05) is 25.6 Å². The average Bonchev–Trinajstić information content (AvgIpc) is 3.07. The zero-order chi connectivity index (χ0) is 18.5. The zero-order valence-corrected chi connectivity index (χ0v) is 16.1. The van der Waals surface area contributed by atoms with E-state index in [0.717, 1.165) is 43.2 Å². The maximum absolute atomic E-state index is 5.61. The quantitative estimate of drug-likeness (QED) is 0.755. The summed E-state index contributed by atoms with van der Waals surface area (Å²) in [7, 11) is 6.96. The van der Waals surface area contributed by atoms with Crippen LogP contribution in [0.1, 0.15) is 24.2 Å². The van der Waals surface area contributed by atoms with Crippen LogP contribution in [0.2, 0.25) is 0 Å². The minimum absolute atomic E-state index is 0.657. The number of likely N-dealkylation sites (tertiary alicyclic amines) is 1. The molecule has 0 bridgehead atoms. The van der Waals surface area contributed by atoms with Gasteiger partial charge >= 0.3 is 0 Å². The average molecular weight is 360 g/mol. The predicted octanol–water partition coefficient (Wildman–Crippen LogP) is 2.30. The van der Waals surface area contributed by atoms with Gasteiger partial charge in [0.15, 0.2) is 11.5 Å². The molecule has 1 aromatic heterocycles. The van der Waals surface area contributed by atoms with E-state index in [1.54, 1.807) is 27.7 Å². The fraction of sp³-hybridized carbons (Fsp3) is 0.579. The van der Waals surface area contributed by atoms with Crippen molar-refractivity contribution in [2.45, 2.75) is 25.8 Å². The summed E-state index contributed by atoms with van der Waals surface area (Å²) in [5.74, 6) is 3.85. The molecular formula is C19H28N4O3. The highest BCUT2D eigenvalue weighted by molar-refractivity contribution is 5.55. The van der Waals surface area contributed by atoms with Crippen molar-refractivity contribution in [2.24, 2.45) is 13.0 Å². The minimum Gasteiger partial charge on any atom is -0.493 e. The number of rotatable bonds is 7. The first kappa shape index (κ1) is 18.5. The second kappa shape index (κ2) is 8.40. The lowest BCUT2D eigenvalue weighted by atomic mass is 9.93. The first-order chi connectivity index (χ1) is 12.7. The fourth-order valence-corrected chi connectivity index (χ4v) is 3.63. The van der Waals surface area contributed by atoms with E-state index in [9.17, 15) is 0 Å². The van der Waals surface area contributed by atoms with Gasteiger partial charge in [0.1, 0.15) is 12.2 Å². The van der Waals surface area contributed by atoms with Gasteiger partial charge in [0.25, 0.3) is 0 Å². The monoisotopic (exact) mass is 360 g/mol. The molecular weight excluding hydrogens is 332 g/mol. The van der Waals surface area contributed by atoms with E-state index in [0.29, 0.717) is 17.4 Å². The Morgan fingerprint density at radius 1 is 1.04 bits per heavy atom. The molecule has 0 spiro atoms. The highest BCUT2D eigenvalue weighted by atomic mass is 16.5.